The van der Waals surface area contributed by atoms with E-state index in [1.165, 1.54) is 0 Å². The molecule has 1 aromatic carbocycles. The predicted molar refractivity (Wildman–Crippen MR) is 82.0 cm³/mol. The Morgan fingerprint density at radius 2 is 1.52 bits per heavy atom. The van der Waals surface area contributed by atoms with Gasteiger partial charge in [-0.05, 0) is 55.9 Å². The Kier molecular flexibility index (Phi) is 5.17. The van der Waals surface area contributed by atoms with Gasteiger partial charge < -0.3 is 5.11 Å². The van der Waals surface area contributed by atoms with E-state index in [1.54, 1.807) is 27.7 Å². The van der Waals surface area contributed by atoms with Crippen LogP contribution in [-0.4, -0.2) is 25.5 Å². The van der Waals surface area contributed by atoms with Crippen LogP contribution >= 0.6 is 0 Å². The average molecular weight is 313 g/mol. The number of benzene rings is 1. The summed E-state index contributed by atoms with van der Waals surface area (Å²) >= 11 is 0. The molecule has 1 aromatic rings. The fourth-order valence-electron chi connectivity index (χ4n) is 2.28. The van der Waals surface area contributed by atoms with Crippen LogP contribution in [0.15, 0.2) is 11.0 Å². The lowest BCUT2D eigenvalue weighted by Crippen LogP contribution is -2.44. The number of aliphatic carboxylic acids is 1. The summed E-state index contributed by atoms with van der Waals surface area (Å²) in [5.74, 6) is -1.52. The highest BCUT2D eigenvalue weighted by Gasteiger charge is 2.30. The third-order valence-corrected chi connectivity index (χ3v) is 5.49. The van der Waals surface area contributed by atoms with Gasteiger partial charge in [-0.2, -0.15) is 4.72 Å². The van der Waals surface area contributed by atoms with Gasteiger partial charge in [0.25, 0.3) is 0 Å². The van der Waals surface area contributed by atoms with Gasteiger partial charge in [0, 0.05) is 0 Å². The van der Waals surface area contributed by atoms with Crippen LogP contribution in [0.3, 0.4) is 0 Å². The van der Waals surface area contributed by atoms with Crippen LogP contribution in [0.1, 0.15) is 36.1 Å². The Hall–Kier alpha value is -1.40. The van der Waals surface area contributed by atoms with Gasteiger partial charge in [-0.15, -0.1) is 0 Å². The number of rotatable bonds is 5. The van der Waals surface area contributed by atoms with Gasteiger partial charge in [-0.25, -0.2) is 8.42 Å². The molecule has 0 amide bonds. The molecule has 0 fully saturated rings. The van der Waals surface area contributed by atoms with Crippen molar-refractivity contribution in [1.82, 2.24) is 4.72 Å². The zero-order valence-corrected chi connectivity index (χ0v) is 14.1. The van der Waals surface area contributed by atoms with Crippen LogP contribution in [0.25, 0.3) is 0 Å². The van der Waals surface area contributed by atoms with Crippen LogP contribution in [0.5, 0.6) is 0 Å². The first-order valence-electron chi connectivity index (χ1n) is 6.81. The maximum Gasteiger partial charge on any atom is 0.322 e. The summed E-state index contributed by atoms with van der Waals surface area (Å²) in [5.41, 5.74) is 3.04. The van der Waals surface area contributed by atoms with E-state index < -0.39 is 22.0 Å². The van der Waals surface area contributed by atoms with Crippen molar-refractivity contribution in [3.05, 3.63) is 28.3 Å². The molecular formula is C15H23NO4S. The minimum atomic E-state index is -3.89. The summed E-state index contributed by atoms with van der Waals surface area (Å²) in [6, 6.07) is 0.787. The molecule has 0 bridgehead atoms. The molecule has 0 saturated carbocycles. The smallest absolute Gasteiger partial charge is 0.322 e. The van der Waals surface area contributed by atoms with E-state index in [4.69, 9.17) is 0 Å². The molecular weight excluding hydrogens is 290 g/mol. The largest absolute Gasteiger partial charge is 0.480 e. The third-order valence-electron chi connectivity index (χ3n) is 3.78. The quantitative estimate of drug-likeness (QED) is 0.873. The number of carbonyl (C=O) groups is 1. The molecule has 0 radical (unpaired) electrons. The van der Waals surface area contributed by atoms with Crippen molar-refractivity contribution in [1.29, 1.82) is 0 Å². The molecule has 1 rings (SSSR count). The van der Waals surface area contributed by atoms with Crippen LogP contribution < -0.4 is 4.72 Å². The van der Waals surface area contributed by atoms with Crippen molar-refractivity contribution < 1.29 is 18.3 Å². The minimum Gasteiger partial charge on any atom is -0.480 e. The Labute approximate surface area is 126 Å². The lowest BCUT2D eigenvalue weighted by molar-refractivity contribution is -0.140. The topological polar surface area (TPSA) is 83.5 Å². The summed E-state index contributed by atoms with van der Waals surface area (Å²) in [4.78, 5) is 11.4. The SMILES string of the molecule is Cc1cc(C)c(C)c(S(=O)(=O)N[C@@H](C(=O)O)C(C)C)c1C. The zero-order valence-electron chi connectivity index (χ0n) is 13.3. The maximum absolute atomic E-state index is 12.6. The Balaban J connectivity index is 3.42. The minimum absolute atomic E-state index is 0.187. The molecule has 6 heteroatoms. The normalized spacial score (nSPS) is 13.5. The number of aryl methyl sites for hydroxylation is 2. The lowest BCUT2D eigenvalue weighted by Gasteiger charge is -2.21. The highest BCUT2D eigenvalue weighted by Crippen LogP contribution is 2.26. The maximum atomic E-state index is 12.6. The Morgan fingerprint density at radius 1 is 1.10 bits per heavy atom. The molecule has 0 heterocycles. The second-order valence-electron chi connectivity index (χ2n) is 5.77. The lowest BCUT2D eigenvalue weighted by atomic mass is 10.0. The predicted octanol–water partition coefficient (Wildman–Crippen LogP) is 2.31. The number of hydrogen-bond donors (Lipinski definition) is 2. The molecule has 0 aliphatic rings. The van der Waals surface area contributed by atoms with E-state index in [1.807, 2.05) is 19.9 Å². The van der Waals surface area contributed by atoms with Gasteiger partial charge >= 0.3 is 5.97 Å². The summed E-state index contributed by atoms with van der Waals surface area (Å²) in [6.07, 6.45) is 0. The van der Waals surface area contributed by atoms with Crippen molar-refractivity contribution >= 4 is 16.0 Å². The van der Waals surface area contributed by atoms with Gasteiger partial charge in [-0.3, -0.25) is 4.79 Å². The molecule has 1 atom stereocenters. The van der Waals surface area contributed by atoms with E-state index in [-0.39, 0.29) is 10.8 Å². The van der Waals surface area contributed by atoms with Crippen LogP contribution in [0.2, 0.25) is 0 Å². The molecule has 2 N–H and O–H groups in total. The number of carboxylic acids is 1. The van der Waals surface area contributed by atoms with E-state index in [0.717, 1.165) is 11.1 Å². The fourth-order valence-corrected chi connectivity index (χ4v) is 4.23. The summed E-state index contributed by atoms with van der Waals surface area (Å²) < 4.78 is 27.6. The molecule has 0 aromatic heterocycles. The van der Waals surface area contributed by atoms with Crippen LogP contribution in [0.4, 0.5) is 0 Å². The molecule has 0 unspecified atom stereocenters. The monoisotopic (exact) mass is 313 g/mol. The zero-order chi connectivity index (χ0) is 16.5. The molecule has 0 saturated heterocycles. The van der Waals surface area contributed by atoms with E-state index in [0.29, 0.717) is 11.1 Å². The molecule has 21 heavy (non-hydrogen) atoms. The van der Waals surface area contributed by atoms with Gasteiger partial charge in [0.2, 0.25) is 10.0 Å². The Morgan fingerprint density at radius 3 is 1.86 bits per heavy atom. The van der Waals surface area contributed by atoms with Gasteiger partial charge in [0.15, 0.2) is 0 Å². The Bertz CT molecular complexity index is 636. The van der Waals surface area contributed by atoms with Crippen LogP contribution in [0, 0.1) is 33.6 Å². The van der Waals surface area contributed by atoms with Crippen molar-refractivity contribution in [2.24, 2.45) is 5.92 Å². The number of carboxylic acid groups (broad SMARTS) is 1. The van der Waals surface area contributed by atoms with E-state index >= 15 is 0 Å². The number of hydrogen-bond acceptors (Lipinski definition) is 3. The van der Waals surface area contributed by atoms with Gasteiger partial charge in [-0.1, -0.05) is 19.9 Å². The first kappa shape index (κ1) is 17.7. The third kappa shape index (κ3) is 3.63. The molecule has 0 aliphatic heterocycles. The van der Waals surface area contributed by atoms with Crippen molar-refractivity contribution in [2.45, 2.75) is 52.5 Å². The summed E-state index contributed by atoms with van der Waals surface area (Å²) in [7, 11) is -3.89. The van der Waals surface area contributed by atoms with E-state index in [2.05, 4.69) is 4.72 Å². The first-order valence-corrected chi connectivity index (χ1v) is 8.30. The first-order chi connectivity index (χ1) is 9.49. The molecule has 0 aliphatic carbocycles. The highest BCUT2D eigenvalue weighted by molar-refractivity contribution is 7.89. The number of nitrogens with one attached hydrogen (secondary N) is 1. The number of sulfonamides is 1. The van der Waals surface area contributed by atoms with E-state index in [9.17, 15) is 18.3 Å². The second-order valence-corrected chi connectivity index (χ2v) is 7.42. The molecule has 0 spiro atoms. The summed E-state index contributed by atoms with van der Waals surface area (Å²) in [6.45, 7) is 10.5. The van der Waals surface area contributed by atoms with Gasteiger partial charge in [0.05, 0.1) is 4.90 Å². The summed E-state index contributed by atoms with van der Waals surface area (Å²) in [5, 5.41) is 9.17. The van der Waals surface area contributed by atoms with Crippen molar-refractivity contribution in [3.63, 3.8) is 0 Å². The highest BCUT2D eigenvalue weighted by atomic mass is 32.2. The van der Waals surface area contributed by atoms with Crippen molar-refractivity contribution in [3.8, 4) is 0 Å². The molecule has 118 valence electrons. The second kappa shape index (κ2) is 6.15. The van der Waals surface area contributed by atoms with Crippen LogP contribution in [-0.2, 0) is 14.8 Å². The van der Waals surface area contributed by atoms with Gasteiger partial charge in [0.1, 0.15) is 6.04 Å². The average Bonchev–Trinajstić information content (AvgIpc) is 2.33. The molecule has 5 nitrogen and oxygen atoms in total. The standard InChI is InChI=1S/C15H23NO4S/c1-8(2)13(15(17)18)16-21(19,20)14-11(5)9(3)7-10(4)12(14)6/h7-8,13,16H,1-6H3,(H,17,18)/t13-/m1/s1. The van der Waals surface area contributed by atoms with Crippen molar-refractivity contribution in [2.75, 3.05) is 0 Å². The fraction of sp³-hybridized carbons (Fsp3) is 0.533.